The van der Waals surface area contributed by atoms with E-state index in [1.807, 2.05) is 6.92 Å². The number of thiazole rings is 1. The molecule has 1 heterocycles. The van der Waals surface area contributed by atoms with E-state index in [9.17, 15) is 8.78 Å². The summed E-state index contributed by atoms with van der Waals surface area (Å²) in [4.78, 5) is 9.88. The highest BCUT2D eigenvalue weighted by Crippen LogP contribution is 2.16. The molecule has 0 atom stereocenters. The van der Waals surface area contributed by atoms with Crippen LogP contribution in [0.25, 0.3) is 0 Å². The number of nitrogens with zero attached hydrogens (tertiary/aromatic N) is 2. The van der Waals surface area contributed by atoms with Crippen LogP contribution < -0.4 is 10.6 Å². The average Bonchev–Trinajstić information content (AvgIpc) is 2.86. The molecule has 4 nitrogen and oxygen atoms in total. The first-order chi connectivity index (χ1) is 11.5. The first kappa shape index (κ1) is 21.8. The molecular formula is C17H23F2IN4S. The van der Waals surface area contributed by atoms with Crippen LogP contribution in [0.15, 0.2) is 23.2 Å². The minimum atomic E-state index is -0.561. The predicted molar refractivity (Wildman–Crippen MR) is 110 cm³/mol. The molecule has 0 aliphatic rings. The molecule has 2 rings (SSSR count). The molecule has 138 valence electrons. The maximum atomic E-state index is 13.6. The van der Waals surface area contributed by atoms with E-state index >= 15 is 0 Å². The highest BCUT2D eigenvalue weighted by molar-refractivity contribution is 14.0. The van der Waals surface area contributed by atoms with Crippen molar-refractivity contribution in [3.05, 3.63) is 51.0 Å². The molecule has 1 aromatic heterocycles. The number of hydrogen-bond acceptors (Lipinski definition) is 3. The van der Waals surface area contributed by atoms with E-state index in [1.165, 1.54) is 17.0 Å². The fraction of sp³-hybridized carbons (Fsp3) is 0.412. The Hall–Kier alpha value is -1.29. The summed E-state index contributed by atoms with van der Waals surface area (Å²) in [6.45, 7) is 5.31. The number of aromatic nitrogens is 1. The summed E-state index contributed by atoms with van der Waals surface area (Å²) in [6.07, 6.45) is 1.28. The molecule has 0 bridgehead atoms. The van der Waals surface area contributed by atoms with Crippen LogP contribution in [0, 0.1) is 25.5 Å². The van der Waals surface area contributed by atoms with Gasteiger partial charge in [0.2, 0.25) is 0 Å². The van der Waals surface area contributed by atoms with Crippen molar-refractivity contribution >= 4 is 41.3 Å². The van der Waals surface area contributed by atoms with Gasteiger partial charge in [-0.15, -0.1) is 35.3 Å². The second kappa shape index (κ2) is 10.6. The van der Waals surface area contributed by atoms with Gasteiger partial charge in [0.1, 0.15) is 11.6 Å². The standard InChI is InChI=1S/C17H22F2N4S.HI/c1-11-12(2)24-16(23-11)7-9-22-17(20-3)21-8-6-13-4-5-14(18)10-15(13)19;/h4-5,10H,6-9H2,1-3H3,(H2,20,21,22);1H. The summed E-state index contributed by atoms with van der Waals surface area (Å²) >= 11 is 1.71. The molecule has 0 amide bonds. The summed E-state index contributed by atoms with van der Waals surface area (Å²) in [5.41, 5.74) is 1.56. The molecule has 2 aromatic rings. The summed E-state index contributed by atoms with van der Waals surface area (Å²) in [5.74, 6) is -0.425. The number of aliphatic imine (C=N–C) groups is 1. The van der Waals surface area contributed by atoms with E-state index in [0.29, 0.717) is 24.5 Å². The second-order valence-electron chi connectivity index (χ2n) is 5.41. The fourth-order valence-electron chi connectivity index (χ4n) is 2.19. The Labute approximate surface area is 168 Å². The van der Waals surface area contributed by atoms with Crippen LogP contribution in [0.1, 0.15) is 21.1 Å². The van der Waals surface area contributed by atoms with Crippen LogP contribution in [0.3, 0.4) is 0 Å². The zero-order chi connectivity index (χ0) is 17.5. The van der Waals surface area contributed by atoms with E-state index in [2.05, 4.69) is 27.5 Å². The van der Waals surface area contributed by atoms with E-state index in [-0.39, 0.29) is 24.0 Å². The van der Waals surface area contributed by atoms with Crippen LogP contribution >= 0.6 is 35.3 Å². The normalized spacial score (nSPS) is 11.2. The van der Waals surface area contributed by atoms with E-state index in [1.54, 1.807) is 18.4 Å². The minimum absolute atomic E-state index is 0. The van der Waals surface area contributed by atoms with Crippen LogP contribution in [0.5, 0.6) is 0 Å². The first-order valence-corrected chi connectivity index (χ1v) is 8.62. The van der Waals surface area contributed by atoms with Gasteiger partial charge in [0.15, 0.2) is 5.96 Å². The quantitative estimate of drug-likeness (QED) is 0.378. The zero-order valence-corrected chi connectivity index (χ0v) is 17.7. The Kier molecular flexibility index (Phi) is 9.26. The molecule has 0 unspecified atom stereocenters. The molecule has 0 saturated heterocycles. The lowest BCUT2D eigenvalue weighted by atomic mass is 10.1. The molecule has 0 spiro atoms. The molecule has 1 aromatic carbocycles. The van der Waals surface area contributed by atoms with Crippen LogP contribution in [0.2, 0.25) is 0 Å². The Morgan fingerprint density at radius 3 is 2.40 bits per heavy atom. The molecule has 0 fully saturated rings. The summed E-state index contributed by atoms with van der Waals surface area (Å²) in [7, 11) is 1.69. The lowest BCUT2D eigenvalue weighted by Crippen LogP contribution is -2.39. The third kappa shape index (κ3) is 6.85. The van der Waals surface area contributed by atoms with Crippen molar-refractivity contribution in [3.8, 4) is 0 Å². The number of nitrogens with one attached hydrogen (secondary N) is 2. The topological polar surface area (TPSA) is 49.3 Å². The van der Waals surface area contributed by atoms with Gasteiger partial charge in [0, 0.05) is 37.5 Å². The predicted octanol–water partition coefficient (Wildman–Crippen LogP) is 3.61. The molecule has 8 heteroatoms. The second-order valence-corrected chi connectivity index (χ2v) is 6.70. The van der Waals surface area contributed by atoms with Gasteiger partial charge in [-0.25, -0.2) is 13.8 Å². The number of aryl methyl sites for hydroxylation is 2. The summed E-state index contributed by atoms with van der Waals surface area (Å²) < 4.78 is 26.4. The average molecular weight is 480 g/mol. The SMILES string of the molecule is CN=C(NCCc1nc(C)c(C)s1)NCCc1ccc(F)cc1F.I. The van der Waals surface area contributed by atoms with Gasteiger partial charge in [0.05, 0.1) is 10.7 Å². The van der Waals surface area contributed by atoms with Crippen molar-refractivity contribution in [2.24, 2.45) is 4.99 Å². The number of rotatable bonds is 6. The minimum Gasteiger partial charge on any atom is -0.356 e. The van der Waals surface area contributed by atoms with Crippen LogP contribution in [-0.4, -0.2) is 31.1 Å². The molecule has 25 heavy (non-hydrogen) atoms. The van der Waals surface area contributed by atoms with E-state index < -0.39 is 11.6 Å². The van der Waals surface area contributed by atoms with E-state index in [0.717, 1.165) is 29.7 Å². The molecular weight excluding hydrogens is 457 g/mol. The number of hydrogen-bond donors (Lipinski definition) is 2. The van der Waals surface area contributed by atoms with Crippen molar-refractivity contribution in [2.75, 3.05) is 20.1 Å². The van der Waals surface area contributed by atoms with Gasteiger partial charge in [-0.05, 0) is 31.9 Å². The van der Waals surface area contributed by atoms with Crippen LogP contribution in [-0.2, 0) is 12.8 Å². The number of halogens is 3. The van der Waals surface area contributed by atoms with Crippen molar-refractivity contribution in [2.45, 2.75) is 26.7 Å². The highest BCUT2D eigenvalue weighted by Gasteiger charge is 2.06. The molecule has 0 saturated carbocycles. The van der Waals surface area contributed by atoms with Gasteiger partial charge in [-0.2, -0.15) is 0 Å². The molecule has 0 aliphatic carbocycles. The van der Waals surface area contributed by atoms with Gasteiger partial charge in [0.25, 0.3) is 0 Å². The summed E-state index contributed by atoms with van der Waals surface area (Å²) in [6, 6.07) is 3.64. The maximum Gasteiger partial charge on any atom is 0.191 e. The van der Waals surface area contributed by atoms with Gasteiger partial charge >= 0.3 is 0 Å². The number of benzene rings is 1. The van der Waals surface area contributed by atoms with Crippen molar-refractivity contribution in [3.63, 3.8) is 0 Å². The van der Waals surface area contributed by atoms with Crippen LogP contribution in [0.4, 0.5) is 8.78 Å². The monoisotopic (exact) mass is 480 g/mol. The highest BCUT2D eigenvalue weighted by atomic mass is 127. The fourth-order valence-corrected chi connectivity index (χ4v) is 3.13. The zero-order valence-electron chi connectivity index (χ0n) is 14.5. The van der Waals surface area contributed by atoms with Crippen molar-refractivity contribution < 1.29 is 8.78 Å². The maximum absolute atomic E-state index is 13.6. The first-order valence-electron chi connectivity index (χ1n) is 7.81. The number of guanidine groups is 1. The lowest BCUT2D eigenvalue weighted by molar-refractivity contribution is 0.570. The summed E-state index contributed by atoms with van der Waals surface area (Å²) in [5, 5.41) is 7.43. The third-order valence-electron chi connectivity index (χ3n) is 3.63. The van der Waals surface area contributed by atoms with Gasteiger partial charge < -0.3 is 10.6 Å². The van der Waals surface area contributed by atoms with Crippen molar-refractivity contribution in [1.29, 1.82) is 0 Å². The molecule has 0 radical (unpaired) electrons. The Bertz CT molecular complexity index is 699. The van der Waals surface area contributed by atoms with E-state index in [4.69, 9.17) is 0 Å². The Morgan fingerprint density at radius 2 is 1.84 bits per heavy atom. The Balaban J connectivity index is 0.00000312. The van der Waals surface area contributed by atoms with Gasteiger partial charge in [-0.1, -0.05) is 6.07 Å². The third-order valence-corrected chi connectivity index (χ3v) is 4.76. The van der Waals surface area contributed by atoms with Crippen molar-refractivity contribution in [1.82, 2.24) is 15.6 Å². The molecule has 2 N–H and O–H groups in total. The largest absolute Gasteiger partial charge is 0.356 e. The Morgan fingerprint density at radius 1 is 1.16 bits per heavy atom. The van der Waals surface area contributed by atoms with Gasteiger partial charge in [-0.3, -0.25) is 4.99 Å². The smallest absolute Gasteiger partial charge is 0.191 e. The lowest BCUT2D eigenvalue weighted by Gasteiger charge is -2.11. The molecule has 0 aliphatic heterocycles.